The molecule has 1 aromatic heterocycles. The van der Waals surface area contributed by atoms with Crippen molar-refractivity contribution in [2.75, 3.05) is 14.2 Å². The molecule has 1 aromatic carbocycles. The number of rotatable bonds is 4. The summed E-state index contributed by atoms with van der Waals surface area (Å²) in [4.78, 5) is 4.58. The van der Waals surface area contributed by atoms with Crippen LogP contribution in [0.15, 0.2) is 16.7 Å². The number of imidazole rings is 1. The lowest BCUT2D eigenvalue weighted by Gasteiger charge is -2.13. The molecule has 0 saturated heterocycles. The average molecular weight is 338 g/mol. The Morgan fingerprint density at radius 3 is 2.60 bits per heavy atom. The van der Waals surface area contributed by atoms with Gasteiger partial charge in [-0.2, -0.15) is 0 Å². The van der Waals surface area contributed by atoms with Crippen LogP contribution in [0.1, 0.15) is 17.0 Å². The Labute approximate surface area is 128 Å². The van der Waals surface area contributed by atoms with E-state index in [2.05, 4.69) is 56.8 Å². The van der Waals surface area contributed by atoms with Crippen molar-refractivity contribution in [1.82, 2.24) is 14.9 Å². The van der Waals surface area contributed by atoms with Gasteiger partial charge in [0.25, 0.3) is 0 Å². The Kier molecular flexibility index (Phi) is 4.50. The number of nitrogens with zero attached hydrogens (tertiary/aromatic N) is 2. The fourth-order valence-corrected chi connectivity index (χ4v) is 3.07. The Balaban J connectivity index is 2.60. The van der Waals surface area contributed by atoms with Gasteiger partial charge in [-0.1, -0.05) is 0 Å². The molecule has 0 aliphatic heterocycles. The van der Waals surface area contributed by atoms with Crippen molar-refractivity contribution in [2.45, 2.75) is 20.4 Å². The second-order valence-corrected chi connectivity index (χ2v) is 5.64. The molecule has 0 fully saturated rings. The van der Waals surface area contributed by atoms with Crippen LogP contribution in [-0.2, 0) is 13.6 Å². The summed E-state index contributed by atoms with van der Waals surface area (Å²) in [5, 5.41) is 3.14. The molecule has 2 rings (SSSR count). The van der Waals surface area contributed by atoms with Crippen LogP contribution in [0.2, 0.25) is 0 Å². The molecule has 0 aliphatic carbocycles. The fourth-order valence-electron chi connectivity index (χ4n) is 2.38. The zero-order chi connectivity index (χ0) is 14.9. The van der Waals surface area contributed by atoms with E-state index < -0.39 is 0 Å². The van der Waals surface area contributed by atoms with Gasteiger partial charge in [-0.25, -0.2) is 4.98 Å². The molecular weight excluding hydrogens is 318 g/mol. The third-order valence-corrected chi connectivity index (χ3v) is 4.03. The van der Waals surface area contributed by atoms with E-state index in [-0.39, 0.29) is 0 Å². The first-order valence-electron chi connectivity index (χ1n) is 6.50. The number of hydrogen-bond acceptors (Lipinski definition) is 3. The summed E-state index contributed by atoms with van der Waals surface area (Å²) >= 11 is 3.58. The van der Waals surface area contributed by atoms with Gasteiger partial charge in [0.2, 0.25) is 0 Å². The highest BCUT2D eigenvalue weighted by molar-refractivity contribution is 9.10. The highest BCUT2D eigenvalue weighted by atomic mass is 79.9. The van der Waals surface area contributed by atoms with Gasteiger partial charge >= 0.3 is 0 Å². The summed E-state index contributed by atoms with van der Waals surface area (Å²) in [6.07, 6.45) is 0. The quantitative estimate of drug-likeness (QED) is 0.931. The predicted molar refractivity (Wildman–Crippen MR) is 85.1 cm³/mol. The summed E-state index contributed by atoms with van der Waals surface area (Å²) in [7, 11) is 5.66. The number of aromatic nitrogens is 2. The Hall–Kier alpha value is -1.33. The van der Waals surface area contributed by atoms with Crippen LogP contribution in [0.5, 0.6) is 5.75 Å². The van der Waals surface area contributed by atoms with Crippen LogP contribution >= 0.6 is 15.9 Å². The topological polar surface area (TPSA) is 39.1 Å². The molecule has 4 nitrogen and oxygen atoms in total. The number of nitrogens with one attached hydrogen (secondary N) is 1. The van der Waals surface area contributed by atoms with Crippen LogP contribution in [-0.4, -0.2) is 23.7 Å². The predicted octanol–water partition coefficient (Wildman–Crippen LogP) is 3.19. The van der Waals surface area contributed by atoms with Gasteiger partial charge in [0, 0.05) is 12.6 Å². The van der Waals surface area contributed by atoms with Crippen molar-refractivity contribution in [2.24, 2.45) is 7.05 Å². The third-order valence-electron chi connectivity index (χ3n) is 3.48. The van der Waals surface area contributed by atoms with Gasteiger partial charge < -0.3 is 14.6 Å². The molecule has 1 heterocycles. The van der Waals surface area contributed by atoms with E-state index in [1.807, 2.05) is 14.1 Å². The summed E-state index contributed by atoms with van der Waals surface area (Å²) in [5.41, 5.74) is 4.56. The normalized spacial score (nSPS) is 10.9. The molecule has 0 aliphatic rings. The van der Waals surface area contributed by atoms with Crippen molar-refractivity contribution >= 4 is 15.9 Å². The molecule has 20 heavy (non-hydrogen) atoms. The number of methoxy groups -OCH3 is 1. The SMILES string of the molecule is CNCc1nc(Br)c(-c2cc(C)c(OC)cc2C)n1C. The van der Waals surface area contributed by atoms with Crippen LogP contribution in [0.25, 0.3) is 11.3 Å². The molecular formula is C15H20BrN3O. The zero-order valence-corrected chi connectivity index (χ0v) is 14.1. The minimum atomic E-state index is 0.739. The van der Waals surface area contributed by atoms with Gasteiger partial charge in [0.1, 0.15) is 16.2 Å². The standard InChI is InChI=1S/C15H20BrN3O/c1-9-7-12(20-5)10(2)6-11(9)14-15(16)18-13(8-17-3)19(14)4/h6-7,17H,8H2,1-5H3. The molecule has 2 aromatic rings. The van der Waals surface area contributed by atoms with Crippen LogP contribution < -0.4 is 10.1 Å². The molecule has 0 amide bonds. The number of aryl methyl sites for hydroxylation is 2. The maximum absolute atomic E-state index is 5.38. The summed E-state index contributed by atoms with van der Waals surface area (Å²) < 4.78 is 8.37. The van der Waals surface area contributed by atoms with Crippen LogP contribution in [0, 0.1) is 13.8 Å². The van der Waals surface area contributed by atoms with E-state index in [1.165, 1.54) is 11.1 Å². The van der Waals surface area contributed by atoms with E-state index in [1.54, 1.807) is 7.11 Å². The Bertz CT molecular complexity index is 635. The van der Waals surface area contributed by atoms with Crippen molar-refractivity contribution in [3.05, 3.63) is 33.7 Å². The van der Waals surface area contributed by atoms with Gasteiger partial charge in [-0.05, 0) is 60.1 Å². The Morgan fingerprint density at radius 1 is 1.30 bits per heavy atom. The molecule has 0 bridgehead atoms. The van der Waals surface area contributed by atoms with Crippen LogP contribution in [0.3, 0.4) is 0 Å². The monoisotopic (exact) mass is 337 g/mol. The number of ether oxygens (including phenoxy) is 1. The first-order chi connectivity index (χ1) is 9.49. The average Bonchev–Trinajstić information content (AvgIpc) is 2.68. The van der Waals surface area contributed by atoms with Crippen molar-refractivity contribution in [3.63, 3.8) is 0 Å². The van der Waals surface area contributed by atoms with Gasteiger partial charge in [0.15, 0.2) is 0 Å². The number of hydrogen-bond donors (Lipinski definition) is 1. The molecule has 0 unspecified atom stereocenters. The first kappa shape index (κ1) is 15.1. The maximum Gasteiger partial charge on any atom is 0.132 e. The molecule has 0 atom stereocenters. The Morgan fingerprint density at radius 2 is 2.00 bits per heavy atom. The second-order valence-electron chi connectivity index (χ2n) is 4.89. The fraction of sp³-hybridized carbons (Fsp3) is 0.400. The lowest BCUT2D eigenvalue weighted by Crippen LogP contribution is -2.10. The molecule has 1 N–H and O–H groups in total. The van der Waals surface area contributed by atoms with Gasteiger partial charge in [-0.15, -0.1) is 0 Å². The lowest BCUT2D eigenvalue weighted by atomic mass is 10.0. The van der Waals surface area contributed by atoms with Crippen molar-refractivity contribution in [3.8, 4) is 17.0 Å². The van der Waals surface area contributed by atoms with E-state index in [0.29, 0.717) is 0 Å². The summed E-state index contributed by atoms with van der Waals surface area (Å²) in [6, 6.07) is 4.22. The zero-order valence-electron chi connectivity index (χ0n) is 12.5. The highest BCUT2D eigenvalue weighted by Crippen LogP contribution is 2.34. The molecule has 108 valence electrons. The smallest absolute Gasteiger partial charge is 0.132 e. The highest BCUT2D eigenvalue weighted by Gasteiger charge is 2.17. The van der Waals surface area contributed by atoms with Crippen molar-refractivity contribution in [1.29, 1.82) is 0 Å². The van der Waals surface area contributed by atoms with Gasteiger partial charge in [0.05, 0.1) is 19.3 Å². The van der Waals surface area contributed by atoms with Gasteiger partial charge in [-0.3, -0.25) is 0 Å². The van der Waals surface area contributed by atoms with E-state index >= 15 is 0 Å². The molecule has 0 radical (unpaired) electrons. The van der Waals surface area contributed by atoms with Crippen molar-refractivity contribution < 1.29 is 4.74 Å². The van der Waals surface area contributed by atoms with E-state index in [9.17, 15) is 0 Å². The maximum atomic E-state index is 5.38. The number of benzene rings is 1. The lowest BCUT2D eigenvalue weighted by molar-refractivity contribution is 0.411. The minimum Gasteiger partial charge on any atom is -0.496 e. The summed E-state index contributed by atoms with van der Waals surface area (Å²) in [6.45, 7) is 4.89. The van der Waals surface area contributed by atoms with E-state index in [0.717, 1.165) is 34.0 Å². The third kappa shape index (κ3) is 2.60. The molecule has 0 spiro atoms. The second kappa shape index (κ2) is 5.97. The first-order valence-corrected chi connectivity index (χ1v) is 7.30. The molecule has 0 saturated carbocycles. The minimum absolute atomic E-state index is 0.739. The molecule has 5 heteroatoms. The van der Waals surface area contributed by atoms with E-state index in [4.69, 9.17) is 4.74 Å². The largest absolute Gasteiger partial charge is 0.496 e. The number of halogens is 1. The van der Waals surface area contributed by atoms with Crippen LogP contribution in [0.4, 0.5) is 0 Å². The summed E-state index contributed by atoms with van der Waals surface area (Å²) in [5.74, 6) is 1.92.